The summed E-state index contributed by atoms with van der Waals surface area (Å²) in [6.07, 6.45) is 4.84. The zero-order valence-corrected chi connectivity index (χ0v) is 10.2. The number of benzene rings is 1. The van der Waals surface area contributed by atoms with Crippen molar-refractivity contribution in [2.45, 2.75) is 26.7 Å². The minimum atomic E-state index is 0.275. The zero-order chi connectivity index (χ0) is 12.3. The summed E-state index contributed by atoms with van der Waals surface area (Å²) < 4.78 is 2.02. The van der Waals surface area contributed by atoms with Gasteiger partial charge in [-0.3, -0.25) is 4.79 Å². The predicted octanol–water partition coefficient (Wildman–Crippen LogP) is 2.70. The Morgan fingerprint density at radius 1 is 1.29 bits per heavy atom. The standard InChI is InChI=1S/C14H16N2O/c1-3-14(17)10-12-4-6-13(7-5-12)16-9-8-15-11(16)2/h4-9H,3,10H2,1-2H3. The van der Waals surface area contributed by atoms with E-state index in [-0.39, 0.29) is 5.78 Å². The first-order chi connectivity index (χ1) is 8.20. The third kappa shape index (κ3) is 2.61. The highest BCUT2D eigenvalue weighted by molar-refractivity contribution is 5.80. The van der Waals surface area contributed by atoms with Gasteiger partial charge in [-0.1, -0.05) is 19.1 Å². The van der Waals surface area contributed by atoms with Crippen molar-refractivity contribution in [2.75, 3.05) is 0 Å². The van der Waals surface area contributed by atoms with Gasteiger partial charge in [-0.25, -0.2) is 4.98 Å². The van der Waals surface area contributed by atoms with Crippen LogP contribution in [0.3, 0.4) is 0 Å². The van der Waals surface area contributed by atoms with Gasteiger partial charge in [0.1, 0.15) is 11.6 Å². The fourth-order valence-corrected chi connectivity index (χ4v) is 1.78. The maximum absolute atomic E-state index is 11.3. The van der Waals surface area contributed by atoms with Gasteiger partial charge in [0.15, 0.2) is 0 Å². The molecule has 0 amide bonds. The first-order valence-electron chi connectivity index (χ1n) is 5.81. The molecule has 1 heterocycles. The van der Waals surface area contributed by atoms with Crippen LogP contribution in [0.25, 0.3) is 5.69 Å². The molecule has 3 nitrogen and oxygen atoms in total. The minimum absolute atomic E-state index is 0.275. The molecule has 0 fully saturated rings. The Bertz CT molecular complexity index is 511. The van der Waals surface area contributed by atoms with Crippen molar-refractivity contribution in [1.29, 1.82) is 0 Å². The fourth-order valence-electron chi connectivity index (χ4n) is 1.78. The lowest BCUT2D eigenvalue weighted by Crippen LogP contribution is -2.01. The van der Waals surface area contributed by atoms with Crippen LogP contribution in [0, 0.1) is 6.92 Å². The van der Waals surface area contributed by atoms with Crippen LogP contribution in [-0.2, 0) is 11.2 Å². The molecule has 0 aliphatic heterocycles. The van der Waals surface area contributed by atoms with E-state index in [0.717, 1.165) is 17.1 Å². The molecule has 1 aromatic carbocycles. The predicted molar refractivity (Wildman–Crippen MR) is 67.3 cm³/mol. The highest BCUT2D eigenvalue weighted by Crippen LogP contribution is 2.12. The summed E-state index contributed by atoms with van der Waals surface area (Å²) >= 11 is 0. The highest BCUT2D eigenvalue weighted by atomic mass is 16.1. The molecule has 2 aromatic rings. The van der Waals surface area contributed by atoms with Gasteiger partial charge in [0.05, 0.1) is 0 Å². The van der Waals surface area contributed by atoms with Crippen molar-refractivity contribution < 1.29 is 4.79 Å². The molecular formula is C14H16N2O. The van der Waals surface area contributed by atoms with E-state index in [0.29, 0.717) is 12.8 Å². The van der Waals surface area contributed by atoms with Crippen molar-refractivity contribution in [3.05, 3.63) is 48.0 Å². The van der Waals surface area contributed by atoms with E-state index in [4.69, 9.17) is 0 Å². The van der Waals surface area contributed by atoms with Gasteiger partial charge >= 0.3 is 0 Å². The molecule has 0 aliphatic carbocycles. The first-order valence-corrected chi connectivity index (χ1v) is 5.81. The number of ketones is 1. The van der Waals surface area contributed by atoms with Gasteiger partial charge in [0, 0.05) is 30.9 Å². The van der Waals surface area contributed by atoms with Gasteiger partial charge in [0.25, 0.3) is 0 Å². The molecule has 0 saturated carbocycles. The number of aryl methyl sites for hydroxylation is 1. The second-order valence-electron chi connectivity index (χ2n) is 4.08. The lowest BCUT2D eigenvalue weighted by Gasteiger charge is -2.06. The Labute approximate surface area is 101 Å². The van der Waals surface area contributed by atoms with Crippen LogP contribution in [0.1, 0.15) is 24.7 Å². The largest absolute Gasteiger partial charge is 0.304 e. The van der Waals surface area contributed by atoms with Crippen LogP contribution in [0.2, 0.25) is 0 Å². The van der Waals surface area contributed by atoms with Crippen molar-refractivity contribution in [3.8, 4) is 5.69 Å². The highest BCUT2D eigenvalue weighted by Gasteiger charge is 2.03. The number of imidazole rings is 1. The number of nitrogens with zero attached hydrogens (tertiary/aromatic N) is 2. The molecule has 0 saturated heterocycles. The topological polar surface area (TPSA) is 34.9 Å². The van der Waals surface area contributed by atoms with Crippen molar-refractivity contribution in [1.82, 2.24) is 9.55 Å². The van der Waals surface area contributed by atoms with Crippen molar-refractivity contribution in [2.24, 2.45) is 0 Å². The molecule has 2 rings (SSSR count). The molecule has 0 radical (unpaired) electrons. The van der Waals surface area contributed by atoms with Crippen LogP contribution in [0.4, 0.5) is 0 Å². The molecule has 0 atom stereocenters. The second kappa shape index (κ2) is 4.95. The number of rotatable bonds is 4. The Morgan fingerprint density at radius 2 is 2.00 bits per heavy atom. The van der Waals surface area contributed by atoms with E-state index in [1.54, 1.807) is 6.20 Å². The summed E-state index contributed by atoms with van der Waals surface area (Å²) in [5.74, 6) is 1.24. The van der Waals surface area contributed by atoms with Crippen LogP contribution in [-0.4, -0.2) is 15.3 Å². The normalized spacial score (nSPS) is 10.5. The Hall–Kier alpha value is -1.90. The second-order valence-corrected chi connectivity index (χ2v) is 4.08. The quantitative estimate of drug-likeness (QED) is 0.806. The Morgan fingerprint density at radius 3 is 2.53 bits per heavy atom. The van der Waals surface area contributed by atoms with E-state index >= 15 is 0 Å². The van der Waals surface area contributed by atoms with Gasteiger partial charge in [-0.05, 0) is 24.6 Å². The number of hydrogen-bond donors (Lipinski definition) is 0. The number of Topliss-reactive ketones (excluding diaryl/α,β-unsaturated/α-hetero) is 1. The summed E-state index contributed by atoms with van der Waals surface area (Å²) in [5, 5.41) is 0. The Kier molecular flexibility index (Phi) is 3.38. The number of carbonyl (C=O) groups excluding carboxylic acids is 1. The maximum Gasteiger partial charge on any atom is 0.136 e. The molecule has 0 spiro atoms. The van der Waals surface area contributed by atoms with E-state index < -0.39 is 0 Å². The SMILES string of the molecule is CCC(=O)Cc1ccc(-n2ccnc2C)cc1. The first kappa shape index (κ1) is 11.6. The monoisotopic (exact) mass is 228 g/mol. The van der Waals surface area contributed by atoms with Crippen molar-refractivity contribution >= 4 is 5.78 Å². The zero-order valence-electron chi connectivity index (χ0n) is 10.2. The summed E-state index contributed by atoms with van der Waals surface area (Å²) in [5.41, 5.74) is 2.14. The molecule has 0 aliphatic rings. The van der Waals surface area contributed by atoms with Gasteiger partial charge in [-0.2, -0.15) is 0 Å². The van der Waals surface area contributed by atoms with E-state index in [2.05, 4.69) is 4.98 Å². The third-order valence-corrected chi connectivity index (χ3v) is 2.84. The molecule has 88 valence electrons. The molecule has 0 unspecified atom stereocenters. The third-order valence-electron chi connectivity index (χ3n) is 2.84. The maximum atomic E-state index is 11.3. The smallest absolute Gasteiger partial charge is 0.136 e. The van der Waals surface area contributed by atoms with Crippen LogP contribution in [0.5, 0.6) is 0 Å². The van der Waals surface area contributed by atoms with Gasteiger partial charge < -0.3 is 4.57 Å². The number of carbonyl (C=O) groups is 1. The average molecular weight is 228 g/mol. The minimum Gasteiger partial charge on any atom is -0.304 e. The van der Waals surface area contributed by atoms with Crippen LogP contribution in [0.15, 0.2) is 36.7 Å². The van der Waals surface area contributed by atoms with E-state index in [1.807, 2.05) is 48.9 Å². The number of hydrogen-bond acceptors (Lipinski definition) is 2. The molecule has 0 bridgehead atoms. The Balaban J connectivity index is 2.19. The van der Waals surface area contributed by atoms with Crippen LogP contribution >= 0.6 is 0 Å². The summed E-state index contributed by atoms with van der Waals surface area (Å²) in [4.78, 5) is 15.5. The fraction of sp³-hybridized carbons (Fsp3) is 0.286. The number of aromatic nitrogens is 2. The molecule has 17 heavy (non-hydrogen) atoms. The summed E-state index contributed by atoms with van der Waals surface area (Å²) in [6, 6.07) is 8.05. The van der Waals surface area contributed by atoms with Crippen molar-refractivity contribution in [3.63, 3.8) is 0 Å². The van der Waals surface area contributed by atoms with E-state index in [1.165, 1.54) is 0 Å². The van der Waals surface area contributed by atoms with E-state index in [9.17, 15) is 4.79 Å². The average Bonchev–Trinajstić information content (AvgIpc) is 2.76. The molecule has 0 N–H and O–H groups in total. The van der Waals surface area contributed by atoms with Gasteiger partial charge in [0.2, 0.25) is 0 Å². The van der Waals surface area contributed by atoms with Gasteiger partial charge in [-0.15, -0.1) is 0 Å². The summed E-state index contributed by atoms with van der Waals surface area (Å²) in [6.45, 7) is 3.86. The molecule has 3 heteroatoms. The summed E-state index contributed by atoms with van der Waals surface area (Å²) in [7, 11) is 0. The molecule has 1 aromatic heterocycles. The lowest BCUT2D eigenvalue weighted by molar-refractivity contribution is -0.118. The van der Waals surface area contributed by atoms with Crippen LogP contribution < -0.4 is 0 Å². The molecular weight excluding hydrogens is 212 g/mol. The lowest BCUT2D eigenvalue weighted by atomic mass is 10.1.